The molecule has 0 spiro atoms. The Bertz CT molecular complexity index is 463. The van der Waals surface area contributed by atoms with Crippen molar-refractivity contribution in [1.82, 2.24) is 9.97 Å². The van der Waals surface area contributed by atoms with Crippen LogP contribution in [0.25, 0.3) is 0 Å². The normalized spacial score (nSPS) is 31.4. The van der Waals surface area contributed by atoms with Crippen LogP contribution in [0.4, 0.5) is 5.82 Å². The summed E-state index contributed by atoms with van der Waals surface area (Å²) in [7, 11) is 0. The van der Waals surface area contributed by atoms with E-state index in [1.54, 1.807) is 12.3 Å². The van der Waals surface area contributed by atoms with Gasteiger partial charge in [0.15, 0.2) is 6.54 Å². The number of halogens is 1. The molecule has 0 aromatic carbocycles. The maximum Gasteiger partial charge on any atom is 0.280 e. The molecule has 0 saturated carbocycles. The molecule has 6 nitrogen and oxygen atoms in total. The van der Waals surface area contributed by atoms with Gasteiger partial charge in [0, 0.05) is 25.0 Å². The number of rotatable bonds is 3. The summed E-state index contributed by atoms with van der Waals surface area (Å²) >= 11 is 0. The van der Waals surface area contributed by atoms with Gasteiger partial charge in [-0.3, -0.25) is 4.79 Å². The lowest BCUT2D eigenvalue weighted by molar-refractivity contribution is -0.939. The number of aromatic nitrogens is 2. The van der Waals surface area contributed by atoms with Crippen molar-refractivity contribution in [1.29, 1.82) is 0 Å². The molecule has 2 N–H and O–H groups in total. The van der Waals surface area contributed by atoms with E-state index in [1.807, 2.05) is 0 Å². The molecule has 0 aliphatic carbocycles. The van der Waals surface area contributed by atoms with Crippen molar-refractivity contribution in [3.05, 3.63) is 18.6 Å². The summed E-state index contributed by atoms with van der Waals surface area (Å²) in [5.41, 5.74) is 0. The molecule has 3 aliphatic heterocycles. The van der Waals surface area contributed by atoms with Crippen LogP contribution in [0.5, 0.6) is 0 Å². The Kier molecular flexibility index (Phi) is 4.72. The highest BCUT2D eigenvalue weighted by atomic mass is 79.9. The Hall–Kier alpha value is -1.05. The van der Waals surface area contributed by atoms with Crippen molar-refractivity contribution in [3.63, 3.8) is 0 Å². The molecule has 2 bridgehead atoms. The zero-order valence-electron chi connectivity index (χ0n) is 11.2. The number of hydrogen-bond donors (Lipinski definition) is 2. The fraction of sp³-hybridized carbons (Fsp3) is 0.615. The van der Waals surface area contributed by atoms with Gasteiger partial charge in [0.2, 0.25) is 0 Å². The van der Waals surface area contributed by atoms with Crippen molar-refractivity contribution in [2.45, 2.75) is 18.9 Å². The first-order valence-electron chi connectivity index (χ1n) is 6.76. The minimum Gasteiger partial charge on any atom is -1.00 e. The maximum absolute atomic E-state index is 12.1. The largest absolute Gasteiger partial charge is 1.00 e. The molecular weight excluding hydrogens is 324 g/mol. The monoisotopic (exact) mass is 342 g/mol. The zero-order chi connectivity index (χ0) is 13.3. The summed E-state index contributed by atoms with van der Waals surface area (Å²) in [6.45, 7) is 3.13. The van der Waals surface area contributed by atoms with Crippen LogP contribution in [0.1, 0.15) is 12.8 Å². The molecule has 1 atom stereocenters. The highest BCUT2D eigenvalue weighted by molar-refractivity contribution is 5.90. The molecule has 3 saturated heterocycles. The summed E-state index contributed by atoms with van der Waals surface area (Å²) in [5.74, 6) is 0.946. The first-order chi connectivity index (χ1) is 9.17. The standard InChI is InChI=1S/C13H18N4O2.BrH/c18-11-7-17(5-2-10(11)3-6-17)8-13(19)16-12-1-4-14-9-15-12;/h1,4,9-11,18H,2-3,5-8H2;1H/t10?,11-,17?;/m0./s1. The Morgan fingerprint density at radius 3 is 2.80 bits per heavy atom. The Balaban J connectivity index is 0.00000147. The fourth-order valence-electron chi connectivity index (χ4n) is 3.32. The molecule has 20 heavy (non-hydrogen) atoms. The van der Waals surface area contributed by atoms with E-state index in [2.05, 4.69) is 15.3 Å². The summed E-state index contributed by atoms with van der Waals surface area (Å²) in [6, 6.07) is 1.68. The topological polar surface area (TPSA) is 75.1 Å². The first-order valence-corrected chi connectivity index (χ1v) is 6.76. The van der Waals surface area contributed by atoms with Crippen LogP contribution in [0.15, 0.2) is 18.6 Å². The van der Waals surface area contributed by atoms with Gasteiger partial charge in [0.25, 0.3) is 5.91 Å². The number of carbonyl (C=O) groups excluding carboxylic acids is 1. The quantitative estimate of drug-likeness (QED) is 0.575. The number of hydrogen-bond acceptors (Lipinski definition) is 4. The molecular formula is C13H19BrN4O2. The van der Waals surface area contributed by atoms with Crippen molar-refractivity contribution in [2.24, 2.45) is 5.92 Å². The van der Waals surface area contributed by atoms with E-state index in [0.29, 0.717) is 29.3 Å². The predicted molar refractivity (Wildman–Crippen MR) is 69.1 cm³/mol. The number of aliphatic hydroxyl groups is 1. The van der Waals surface area contributed by atoms with Crippen LogP contribution >= 0.6 is 0 Å². The second-order valence-corrected chi connectivity index (χ2v) is 5.68. The molecule has 0 radical (unpaired) electrons. The second kappa shape index (κ2) is 6.15. The second-order valence-electron chi connectivity index (χ2n) is 5.68. The van der Waals surface area contributed by atoms with Crippen LogP contribution in [-0.4, -0.2) is 57.7 Å². The third-order valence-electron chi connectivity index (χ3n) is 4.40. The van der Waals surface area contributed by atoms with Gasteiger partial charge < -0.3 is 31.9 Å². The summed E-state index contributed by atoms with van der Waals surface area (Å²) < 4.78 is 0.717. The van der Waals surface area contributed by atoms with Gasteiger partial charge in [-0.15, -0.1) is 0 Å². The highest BCUT2D eigenvalue weighted by Crippen LogP contribution is 2.33. The number of piperidine rings is 3. The lowest BCUT2D eigenvalue weighted by atomic mass is 9.83. The number of anilines is 1. The average Bonchev–Trinajstić information content (AvgIpc) is 2.40. The Morgan fingerprint density at radius 2 is 2.20 bits per heavy atom. The van der Waals surface area contributed by atoms with Gasteiger partial charge in [0.1, 0.15) is 24.8 Å². The van der Waals surface area contributed by atoms with E-state index in [4.69, 9.17) is 0 Å². The third kappa shape index (κ3) is 3.16. The third-order valence-corrected chi connectivity index (χ3v) is 4.40. The van der Waals surface area contributed by atoms with Gasteiger partial charge in [-0.25, -0.2) is 9.97 Å². The van der Waals surface area contributed by atoms with Crippen LogP contribution < -0.4 is 22.3 Å². The Labute approximate surface area is 128 Å². The molecule has 4 rings (SSSR count). The molecule has 7 heteroatoms. The molecule has 3 aliphatic rings. The molecule has 110 valence electrons. The number of nitrogens with one attached hydrogen (secondary N) is 1. The Morgan fingerprint density at radius 1 is 1.45 bits per heavy atom. The molecule has 4 heterocycles. The lowest BCUT2D eigenvalue weighted by Gasteiger charge is -2.50. The van der Waals surface area contributed by atoms with Gasteiger partial charge >= 0.3 is 0 Å². The summed E-state index contributed by atoms with van der Waals surface area (Å²) in [5, 5.41) is 12.8. The maximum atomic E-state index is 12.1. The minimum atomic E-state index is -0.241. The van der Waals surface area contributed by atoms with E-state index in [1.165, 1.54) is 6.33 Å². The van der Waals surface area contributed by atoms with Crippen molar-refractivity contribution in [3.8, 4) is 0 Å². The van der Waals surface area contributed by atoms with Gasteiger partial charge in [-0.1, -0.05) is 0 Å². The van der Waals surface area contributed by atoms with E-state index >= 15 is 0 Å². The first kappa shape index (κ1) is 15.3. The molecule has 1 aromatic heterocycles. The van der Waals surface area contributed by atoms with Gasteiger partial charge in [0.05, 0.1) is 13.1 Å². The summed E-state index contributed by atoms with van der Waals surface area (Å²) in [6.07, 6.45) is 4.84. The SMILES string of the molecule is O=C(C[N+]12CCC(CC1)[C@@H](O)C2)Nc1ccncn1.[Br-]. The number of nitrogens with zero attached hydrogens (tertiary/aromatic N) is 3. The number of quaternary nitrogens is 1. The minimum absolute atomic E-state index is 0. The smallest absolute Gasteiger partial charge is 0.280 e. The lowest BCUT2D eigenvalue weighted by Crippen LogP contribution is -3.00. The van der Waals surface area contributed by atoms with E-state index in [-0.39, 0.29) is 29.0 Å². The number of fused-ring (bicyclic) bond motifs is 3. The molecule has 0 unspecified atom stereocenters. The molecule has 1 aromatic rings. The predicted octanol–water partition coefficient (Wildman–Crippen LogP) is -2.98. The number of amides is 1. The van der Waals surface area contributed by atoms with Crippen LogP contribution in [0, 0.1) is 5.92 Å². The van der Waals surface area contributed by atoms with Crippen molar-refractivity contribution < 1.29 is 31.4 Å². The zero-order valence-corrected chi connectivity index (χ0v) is 12.8. The fourth-order valence-corrected chi connectivity index (χ4v) is 3.32. The highest BCUT2D eigenvalue weighted by Gasteiger charge is 2.46. The average molecular weight is 343 g/mol. The van der Waals surface area contributed by atoms with E-state index in [0.717, 1.165) is 25.9 Å². The van der Waals surface area contributed by atoms with Crippen molar-refractivity contribution in [2.75, 3.05) is 31.5 Å². The number of carbonyl (C=O) groups is 1. The van der Waals surface area contributed by atoms with E-state index < -0.39 is 0 Å². The number of aliphatic hydroxyl groups excluding tert-OH is 1. The van der Waals surface area contributed by atoms with Crippen LogP contribution in [0.2, 0.25) is 0 Å². The van der Waals surface area contributed by atoms with Gasteiger partial charge in [-0.05, 0) is 6.07 Å². The summed E-state index contributed by atoms with van der Waals surface area (Å²) in [4.78, 5) is 19.9. The van der Waals surface area contributed by atoms with E-state index in [9.17, 15) is 9.90 Å². The van der Waals surface area contributed by atoms with Crippen LogP contribution in [0.3, 0.4) is 0 Å². The van der Waals surface area contributed by atoms with Gasteiger partial charge in [-0.2, -0.15) is 0 Å². The molecule has 3 fully saturated rings. The van der Waals surface area contributed by atoms with Crippen molar-refractivity contribution >= 4 is 11.7 Å². The molecule has 1 amide bonds. The van der Waals surface area contributed by atoms with Crippen LogP contribution in [-0.2, 0) is 4.79 Å².